The standard InChI is InChI=1S/C26H29N3O4S/c1-17-13-18(2)15-20(14-17)29(23(30)16-27-25(31)21-9-5-11-33-21)24(22-10-6-12-34-22)26(32)28-19-7-3-4-8-19/h5-6,9-15,19,24H,3-4,7-8,16H2,1-2H3,(H,27,31)(H,28,32). The van der Waals surface area contributed by atoms with Gasteiger partial charge in [-0.3, -0.25) is 19.3 Å². The number of carbonyl (C=O) groups is 3. The third-order valence-electron chi connectivity index (χ3n) is 5.92. The van der Waals surface area contributed by atoms with Crippen LogP contribution in [0, 0.1) is 13.8 Å². The van der Waals surface area contributed by atoms with Gasteiger partial charge < -0.3 is 15.1 Å². The molecule has 34 heavy (non-hydrogen) atoms. The Morgan fingerprint density at radius 2 is 1.82 bits per heavy atom. The lowest BCUT2D eigenvalue weighted by Gasteiger charge is -2.32. The van der Waals surface area contributed by atoms with Gasteiger partial charge >= 0.3 is 0 Å². The van der Waals surface area contributed by atoms with Gasteiger partial charge in [0.1, 0.15) is 6.04 Å². The lowest BCUT2D eigenvalue weighted by atomic mass is 10.1. The maximum Gasteiger partial charge on any atom is 0.287 e. The van der Waals surface area contributed by atoms with Crippen molar-refractivity contribution in [2.45, 2.75) is 51.6 Å². The van der Waals surface area contributed by atoms with Crippen LogP contribution in [0.15, 0.2) is 58.5 Å². The van der Waals surface area contributed by atoms with Crippen LogP contribution in [0.3, 0.4) is 0 Å². The van der Waals surface area contributed by atoms with Gasteiger partial charge in [0.15, 0.2) is 5.76 Å². The fourth-order valence-electron chi connectivity index (χ4n) is 4.43. The van der Waals surface area contributed by atoms with E-state index in [1.807, 2.05) is 49.6 Å². The lowest BCUT2D eigenvalue weighted by molar-refractivity contribution is -0.126. The minimum absolute atomic E-state index is 0.116. The normalized spacial score (nSPS) is 14.5. The second-order valence-electron chi connectivity index (χ2n) is 8.68. The molecule has 4 rings (SSSR count). The summed E-state index contributed by atoms with van der Waals surface area (Å²) >= 11 is 1.43. The van der Waals surface area contributed by atoms with E-state index in [2.05, 4.69) is 10.6 Å². The molecule has 1 unspecified atom stereocenters. The van der Waals surface area contributed by atoms with Crippen LogP contribution in [0.2, 0.25) is 0 Å². The Labute approximate surface area is 203 Å². The molecule has 0 radical (unpaired) electrons. The Bertz CT molecular complexity index is 1110. The summed E-state index contributed by atoms with van der Waals surface area (Å²) in [6.07, 6.45) is 5.47. The predicted octanol–water partition coefficient (Wildman–Crippen LogP) is 4.52. The predicted molar refractivity (Wildman–Crippen MR) is 132 cm³/mol. The number of furan rings is 1. The topological polar surface area (TPSA) is 91.7 Å². The smallest absolute Gasteiger partial charge is 0.287 e. The van der Waals surface area contributed by atoms with Crippen molar-refractivity contribution in [3.63, 3.8) is 0 Å². The van der Waals surface area contributed by atoms with E-state index in [0.29, 0.717) is 5.69 Å². The number of benzene rings is 1. The third-order valence-corrected chi connectivity index (χ3v) is 6.84. The minimum atomic E-state index is -0.838. The van der Waals surface area contributed by atoms with Gasteiger partial charge in [-0.15, -0.1) is 11.3 Å². The van der Waals surface area contributed by atoms with Crippen LogP contribution in [-0.2, 0) is 9.59 Å². The van der Waals surface area contributed by atoms with Crippen LogP contribution in [0.1, 0.15) is 58.3 Å². The Balaban J connectivity index is 1.67. The fourth-order valence-corrected chi connectivity index (χ4v) is 5.25. The van der Waals surface area contributed by atoms with Crippen molar-refractivity contribution in [3.05, 3.63) is 75.9 Å². The molecule has 1 fully saturated rings. The Morgan fingerprint density at radius 1 is 1.09 bits per heavy atom. The van der Waals surface area contributed by atoms with Crippen molar-refractivity contribution in [2.24, 2.45) is 0 Å². The zero-order valence-corrected chi connectivity index (χ0v) is 20.2. The number of nitrogens with zero attached hydrogens (tertiary/aromatic N) is 1. The molecule has 1 atom stereocenters. The number of nitrogens with one attached hydrogen (secondary N) is 2. The van der Waals surface area contributed by atoms with Crippen molar-refractivity contribution in [1.82, 2.24) is 10.6 Å². The van der Waals surface area contributed by atoms with Crippen molar-refractivity contribution < 1.29 is 18.8 Å². The zero-order valence-electron chi connectivity index (χ0n) is 19.4. The van der Waals surface area contributed by atoms with Gasteiger partial charge in [-0.2, -0.15) is 0 Å². The first-order valence-electron chi connectivity index (χ1n) is 11.5. The van der Waals surface area contributed by atoms with E-state index >= 15 is 0 Å². The SMILES string of the molecule is Cc1cc(C)cc(N(C(=O)CNC(=O)c2ccco2)C(C(=O)NC2CCCC2)c2cccs2)c1. The maximum atomic E-state index is 13.6. The van der Waals surface area contributed by atoms with Gasteiger partial charge in [0.25, 0.3) is 5.91 Å². The van der Waals surface area contributed by atoms with Crippen LogP contribution < -0.4 is 15.5 Å². The molecule has 3 aromatic rings. The highest BCUT2D eigenvalue weighted by Gasteiger charge is 2.35. The molecule has 0 bridgehead atoms. The van der Waals surface area contributed by atoms with E-state index in [1.165, 1.54) is 28.6 Å². The van der Waals surface area contributed by atoms with Crippen molar-refractivity contribution >= 4 is 34.7 Å². The number of anilines is 1. The number of aryl methyl sites for hydroxylation is 2. The van der Waals surface area contributed by atoms with Crippen molar-refractivity contribution in [3.8, 4) is 0 Å². The van der Waals surface area contributed by atoms with Crippen LogP contribution in [0.5, 0.6) is 0 Å². The number of hydrogen-bond donors (Lipinski definition) is 2. The van der Waals surface area contributed by atoms with Gasteiger partial charge in [0, 0.05) is 16.6 Å². The van der Waals surface area contributed by atoms with E-state index in [1.54, 1.807) is 6.07 Å². The highest BCUT2D eigenvalue weighted by atomic mass is 32.1. The minimum Gasteiger partial charge on any atom is -0.459 e. The van der Waals surface area contributed by atoms with Crippen LogP contribution in [-0.4, -0.2) is 30.3 Å². The largest absolute Gasteiger partial charge is 0.459 e. The molecule has 1 aromatic carbocycles. The van der Waals surface area contributed by atoms with E-state index < -0.39 is 11.9 Å². The Hall–Kier alpha value is -3.39. The second kappa shape index (κ2) is 10.7. The van der Waals surface area contributed by atoms with Crippen LogP contribution in [0.4, 0.5) is 5.69 Å². The molecule has 8 heteroatoms. The zero-order chi connectivity index (χ0) is 24.1. The number of carbonyl (C=O) groups excluding carboxylic acids is 3. The van der Waals surface area contributed by atoms with Gasteiger partial charge in [-0.25, -0.2) is 0 Å². The molecule has 2 heterocycles. The number of rotatable bonds is 8. The molecule has 1 aliphatic carbocycles. The number of hydrogen-bond acceptors (Lipinski definition) is 5. The van der Waals surface area contributed by atoms with Crippen molar-refractivity contribution in [1.29, 1.82) is 0 Å². The molecule has 7 nitrogen and oxygen atoms in total. The summed E-state index contributed by atoms with van der Waals surface area (Å²) in [6.45, 7) is 3.64. The average Bonchev–Trinajstić information content (AvgIpc) is 3.58. The van der Waals surface area contributed by atoms with Gasteiger partial charge in [-0.05, 0) is 73.5 Å². The molecule has 2 N–H and O–H groups in total. The summed E-state index contributed by atoms with van der Waals surface area (Å²) < 4.78 is 5.12. The summed E-state index contributed by atoms with van der Waals surface area (Å²) in [5.41, 5.74) is 2.58. The number of amides is 3. The first-order chi connectivity index (χ1) is 16.4. The summed E-state index contributed by atoms with van der Waals surface area (Å²) in [5.74, 6) is -0.953. The first-order valence-corrected chi connectivity index (χ1v) is 12.4. The van der Waals surface area contributed by atoms with E-state index in [0.717, 1.165) is 41.7 Å². The summed E-state index contributed by atoms with van der Waals surface area (Å²) in [5, 5.41) is 7.68. The molecular formula is C26H29N3O4S. The molecule has 3 amide bonds. The molecular weight excluding hydrogens is 450 g/mol. The van der Waals surface area contributed by atoms with E-state index in [-0.39, 0.29) is 30.2 Å². The summed E-state index contributed by atoms with van der Waals surface area (Å²) in [6, 6.07) is 12.0. The lowest BCUT2D eigenvalue weighted by Crippen LogP contribution is -2.49. The molecule has 2 aromatic heterocycles. The van der Waals surface area contributed by atoms with Gasteiger partial charge in [0.2, 0.25) is 11.8 Å². The monoisotopic (exact) mass is 479 g/mol. The fraction of sp³-hybridized carbons (Fsp3) is 0.346. The third kappa shape index (κ3) is 5.56. The molecule has 1 saturated carbocycles. The maximum absolute atomic E-state index is 13.6. The van der Waals surface area contributed by atoms with Gasteiger partial charge in [0.05, 0.1) is 12.8 Å². The van der Waals surface area contributed by atoms with E-state index in [4.69, 9.17) is 4.42 Å². The molecule has 0 spiro atoms. The highest BCUT2D eigenvalue weighted by Crippen LogP contribution is 2.32. The summed E-state index contributed by atoms with van der Waals surface area (Å²) in [7, 11) is 0. The average molecular weight is 480 g/mol. The van der Waals surface area contributed by atoms with Crippen LogP contribution >= 0.6 is 11.3 Å². The number of thiophene rings is 1. The van der Waals surface area contributed by atoms with Crippen LogP contribution in [0.25, 0.3) is 0 Å². The van der Waals surface area contributed by atoms with Crippen molar-refractivity contribution in [2.75, 3.05) is 11.4 Å². The molecule has 0 aliphatic heterocycles. The molecule has 1 aliphatic rings. The molecule has 178 valence electrons. The summed E-state index contributed by atoms with van der Waals surface area (Å²) in [4.78, 5) is 41.9. The first kappa shape index (κ1) is 23.8. The molecule has 0 saturated heterocycles. The Morgan fingerprint density at radius 3 is 2.44 bits per heavy atom. The second-order valence-corrected chi connectivity index (χ2v) is 9.66. The Kier molecular flexibility index (Phi) is 7.47. The quantitative estimate of drug-likeness (QED) is 0.497. The van der Waals surface area contributed by atoms with Gasteiger partial charge in [-0.1, -0.05) is 25.0 Å². The highest BCUT2D eigenvalue weighted by molar-refractivity contribution is 7.10. The van der Waals surface area contributed by atoms with E-state index in [9.17, 15) is 14.4 Å².